The number of carbonyl (C=O) groups is 2. The normalized spacial score (nSPS) is 48.9. The van der Waals surface area contributed by atoms with E-state index in [1.165, 1.54) is 6.92 Å². The molecule has 4 rings (SSSR count). The fraction of sp³-hybridized carbons (Fsp3) is 0.810. The molecule has 0 heterocycles. The zero-order valence-corrected chi connectivity index (χ0v) is 15.5. The molecule has 0 saturated heterocycles. The molecular weight excluding hydrogens is 319 g/mol. The van der Waals surface area contributed by atoms with Gasteiger partial charge < -0.3 is 4.74 Å². The van der Waals surface area contributed by atoms with Gasteiger partial charge in [-0.15, -0.1) is 0 Å². The summed E-state index contributed by atoms with van der Waals surface area (Å²) in [6, 6.07) is 0. The Balaban J connectivity index is 1.68. The minimum Gasteiger partial charge on any atom is -0.462 e. The molecule has 0 aromatic heterocycles. The second-order valence-corrected chi connectivity index (χ2v) is 9.29. The Bertz CT molecular complexity index is 641. The highest BCUT2D eigenvalue weighted by atomic mass is 19.1. The highest BCUT2D eigenvalue weighted by Crippen LogP contribution is 2.64. The monoisotopic (exact) mass is 348 g/mol. The summed E-state index contributed by atoms with van der Waals surface area (Å²) >= 11 is 0. The fourth-order valence-electron chi connectivity index (χ4n) is 6.70. The zero-order valence-electron chi connectivity index (χ0n) is 15.5. The number of allylic oxidation sites excluding steroid dienone is 2. The first-order valence-electron chi connectivity index (χ1n) is 9.82. The summed E-state index contributed by atoms with van der Waals surface area (Å²) in [7, 11) is 0. The summed E-state index contributed by atoms with van der Waals surface area (Å²) < 4.78 is 19.6. The maximum atomic E-state index is 13.9. The molecule has 0 bridgehead atoms. The van der Waals surface area contributed by atoms with Gasteiger partial charge in [0.25, 0.3) is 0 Å². The number of ether oxygens (including phenoxy) is 1. The van der Waals surface area contributed by atoms with Crippen molar-refractivity contribution in [3.63, 3.8) is 0 Å². The highest BCUT2D eigenvalue weighted by molar-refractivity contribution is 5.94. The van der Waals surface area contributed by atoms with E-state index in [-0.39, 0.29) is 40.5 Å². The summed E-state index contributed by atoms with van der Waals surface area (Å²) in [4.78, 5) is 24.5. The Kier molecular flexibility index (Phi) is 3.90. The van der Waals surface area contributed by atoms with E-state index in [4.69, 9.17) is 4.74 Å². The van der Waals surface area contributed by atoms with Gasteiger partial charge >= 0.3 is 5.97 Å². The molecule has 3 fully saturated rings. The molecule has 3 nitrogen and oxygen atoms in total. The van der Waals surface area contributed by atoms with Crippen LogP contribution in [-0.2, 0) is 14.3 Å². The average molecular weight is 348 g/mol. The summed E-state index contributed by atoms with van der Waals surface area (Å²) in [5.74, 6) is 0.594. The fourth-order valence-corrected chi connectivity index (χ4v) is 6.70. The number of rotatable bonds is 1. The Labute approximate surface area is 149 Å². The molecular formula is C21H29FO3. The van der Waals surface area contributed by atoms with Gasteiger partial charge in [-0.05, 0) is 61.9 Å². The molecule has 3 saturated carbocycles. The molecule has 0 unspecified atom stereocenters. The molecule has 25 heavy (non-hydrogen) atoms. The van der Waals surface area contributed by atoms with Crippen molar-refractivity contribution >= 4 is 11.8 Å². The number of alkyl halides is 1. The summed E-state index contributed by atoms with van der Waals surface area (Å²) in [5, 5.41) is 0. The standard InChI is InChI=1S/C21H29FO3/c1-12(23)25-18-5-4-15-19-16(7-9-21(15,18)3)20(2)8-6-14(22)10-13(20)11-17(19)24/h11,14-16,18-19H,4-10H2,1-3H3/t14-,15-,16-,18-,19-,20-,21-/m0/s1. The van der Waals surface area contributed by atoms with Crippen LogP contribution in [0.25, 0.3) is 0 Å². The molecule has 0 radical (unpaired) electrons. The lowest BCUT2D eigenvalue weighted by Crippen LogP contribution is -2.54. The first-order valence-corrected chi connectivity index (χ1v) is 9.82. The van der Waals surface area contributed by atoms with Crippen LogP contribution in [0.2, 0.25) is 0 Å². The van der Waals surface area contributed by atoms with Gasteiger partial charge in [0.05, 0.1) is 0 Å². The van der Waals surface area contributed by atoms with Crippen molar-refractivity contribution in [1.82, 2.24) is 0 Å². The second kappa shape index (κ2) is 5.65. The van der Waals surface area contributed by atoms with Crippen LogP contribution >= 0.6 is 0 Å². The minimum absolute atomic E-state index is 0.0178. The van der Waals surface area contributed by atoms with Crippen molar-refractivity contribution in [3.05, 3.63) is 11.6 Å². The maximum absolute atomic E-state index is 13.9. The highest BCUT2D eigenvalue weighted by Gasteiger charge is 2.61. The van der Waals surface area contributed by atoms with Gasteiger partial charge in [0.15, 0.2) is 5.78 Å². The Morgan fingerprint density at radius 1 is 1.16 bits per heavy atom. The van der Waals surface area contributed by atoms with Gasteiger partial charge in [-0.25, -0.2) is 4.39 Å². The van der Waals surface area contributed by atoms with Crippen LogP contribution in [0, 0.1) is 28.6 Å². The lowest BCUT2D eigenvalue weighted by atomic mass is 9.47. The van der Waals surface area contributed by atoms with Gasteiger partial charge in [0.1, 0.15) is 12.3 Å². The van der Waals surface area contributed by atoms with Gasteiger partial charge in [0.2, 0.25) is 0 Å². The summed E-state index contributed by atoms with van der Waals surface area (Å²) in [5.41, 5.74) is 0.930. The number of esters is 1. The molecule has 0 spiro atoms. The zero-order chi connectivity index (χ0) is 18.0. The number of carbonyl (C=O) groups excluding carboxylic acids is 2. The van der Waals surface area contributed by atoms with E-state index in [0.29, 0.717) is 18.8 Å². The van der Waals surface area contributed by atoms with Crippen molar-refractivity contribution in [2.24, 2.45) is 28.6 Å². The Morgan fingerprint density at radius 3 is 2.64 bits per heavy atom. The van der Waals surface area contributed by atoms with Crippen LogP contribution in [0.1, 0.15) is 65.7 Å². The molecule has 0 aromatic carbocycles. The number of hydrogen-bond donors (Lipinski definition) is 0. The molecule has 0 N–H and O–H groups in total. The van der Waals surface area contributed by atoms with Crippen LogP contribution in [0.5, 0.6) is 0 Å². The molecule has 4 heteroatoms. The maximum Gasteiger partial charge on any atom is 0.302 e. The number of ketones is 1. The minimum atomic E-state index is -0.794. The van der Waals surface area contributed by atoms with Crippen LogP contribution in [0.3, 0.4) is 0 Å². The van der Waals surface area contributed by atoms with Gasteiger partial charge in [-0.1, -0.05) is 19.4 Å². The van der Waals surface area contributed by atoms with E-state index >= 15 is 0 Å². The molecule has 7 atom stereocenters. The average Bonchev–Trinajstić information content (AvgIpc) is 2.85. The van der Waals surface area contributed by atoms with Crippen molar-refractivity contribution in [3.8, 4) is 0 Å². The van der Waals surface area contributed by atoms with Crippen LogP contribution < -0.4 is 0 Å². The molecule has 138 valence electrons. The van der Waals surface area contributed by atoms with Crippen molar-refractivity contribution in [2.75, 3.05) is 0 Å². The first kappa shape index (κ1) is 17.2. The summed E-state index contributed by atoms with van der Waals surface area (Å²) in [6.45, 7) is 5.94. The molecule has 0 amide bonds. The topological polar surface area (TPSA) is 43.4 Å². The Hall–Kier alpha value is -1.19. The van der Waals surface area contributed by atoms with Crippen LogP contribution in [0.4, 0.5) is 4.39 Å². The lowest BCUT2D eigenvalue weighted by molar-refractivity contribution is -0.158. The molecule has 4 aliphatic carbocycles. The number of halogens is 1. The van der Waals surface area contributed by atoms with E-state index in [1.807, 2.05) is 0 Å². The number of hydrogen-bond acceptors (Lipinski definition) is 3. The SMILES string of the molecule is CC(=O)O[C@H]1CC[C@H]2[C@@H]3C(=O)C=C4C[C@@H](F)CC[C@]4(C)[C@H]3CC[C@]12C. The van der Waals surface area contributed by atoms with E-state index in [1.54, 1.807) is 6.08 Å². The van der Waals surface area contributed by atoms with Crippen LogP contribution in [0.15, 0.2) is 11.6 Å². The smallest absolute Gasteiger partial charge is 0.302 e. The second-order valence-electron chi connectivity index (χ2n) is 9.29. The van der Waals surface area contributed by atoms with E-state index in [9.17, 15) is 14.0 Å². The largest absolute Gasteiger partial charge is 0.462 e. The quantitative estimate of drug-likeness (QED) is 0.660. The van der Waals surface area contributed by atoms with Gasteiger partial charge in [-0.3, -0.25) is 9.59 Å². The van der Waals surface area contributed by atoms with Gasteiger partial charge in [0, 0.05) is 24.7 Å². The molecule has 4 aliphatic rings. The third kappa shape index (κ3) is 2.43. The lowest BCUT2D eigenvalue weighted by Gasteiger charge is -2.56. The number of fused-ring (bicyclic) bond motifs is 5. The third-order valence-corrected chi connectivity index (χ3v) is 8.11. The Morgan fingerprint density at radius 2 is 1.92 bits per heavy atom. The van der Waals surface area contributed by atoms with Crippen molar-refractivity contribution in [2.45, 2.75) is 78.0 Å². The first-order chi connectivity index (χ1) is 11.8. The van der Waals surface area contributed by atoms with E-state index < -0.39 is 6.17 Å². The van der Waals surface area contributed by atoms with Crippen molar-refractivity contribution in [1.29, 1.82) is 0 Å². The van der Waals surface area contributed by atoms with Crippen molar-refractivity contribution < 1.29 is 18.7 Å². The predicted molar refractivity (Wildman–Crippen MR) is 92.5 cm³/mol. The summed E-state index contributed by atoms with van der Waals surface area (Å²) in [6.07, 6.45) is 6.61. The van der Waals surface area contributed by atoms with Gasteiger partial charge in [-0.2, -0.15) is 0 Å². The third-order valence-electron chi connectivity index (χ3n) is 8.11. The predicted octanol–water partition coefficient (Wildman–Crippen LogP) is 4.40. The van der Waals surface area contributed by atoms with E-state index in [0.717, 1.165) is 37.7 Å². The van der Waals surface area contributed by atoms with Crippen LogP contribution in [-0.4, -0.2) is 24.0 Å². The molecule has 0 aromatic rings. The molecule has 0 aliphatic heterocycles. The van der Waals surface area contributed by atoms with E-state index in [2.05, 4.69) is 13.8 Å².